The normalized spacial score (nSPS) is 15.5. The van der Waals surface area contributed by atoms with Crippen LogP contribution in [0.1, 0.15) is 20.3 Å². The molecule has 0 fully saturated rings. The van der Waals surface area contributed by atoms with Crippen molar-refractivity contribution in [2.24, 2.45) is 0 Å². The highest BCUT2D eigenvalue weighted by Crippen LogP contribution is 2.30. The number of ether oxygens (including phenoxy) is 1. The summed E-state index contributed by atoms with van der Waals surface area (Å²) in [5, 5.41) is 8.61. The SMILES string of the molecule is CCOC[PH](=O)C(CC)C(=O)O. The van der Waals surface area contributed by atoms with Crippen LogP contribution >= 0.6 is 7.80 Å². The molecule has 0 rings (SSSR count). The van der Waals surface area contributed by atoms with E-state index in [1.54, 1.807) is 13.8 Å². The summed E-state index contributed by atoms with van der Waals surface area (Å²) in [6, 6.07) is 0. The van der Waals surface area contributed by atoms with Crippen LogP contribution in [0.25, 0.3) is 0 Å². The number of hydrogen-bond donors (Lipinski definition) is 1. The Morgan fingerprint density at radius 3 is 2.50 bits per heavy atom. The average Bonchev–Trinajstić information content (AvgIpc) is 2.01. The standard InChI is InChI=1S/C7H15O4P/c1-3-6(7(8)9)12(10)5-11-4-2/h6,12H,3-5H2,1-2H3,(H,8,9). The van der Waals surface area contributed by atoms with Gasteiger partial charge in [0.05, 0.1) is 6.35 Å². The molecule has 0 saturated heterocycles. The van der Waals surface area contributed by atoms with Gasteiger partial charge in [-0.05, 0) is 13.3 Å². The molecule has 0 aromatic rings. The zero-order valence-corrected chi connectivity index (χ0v) is 8.37. The summed E-state index contributed by atoms with van der Waals surface area (Å²) in [6.45, 7) is 3.98. The topological polar surface area (TPSA) is 63.6 Å². The maximum atomic E-state index is 11.3. The van der Waals surface area contributed by atoms with Crippen LogP contribution in [-0.2, 0) is 14.1 Å². The van der Waals surface area contributed by atoms with E-state index in [4.69, 9.17) is 9.84 Å². The predicted molar refractivity (Wildman–Crippen MR) is 47.2 cm³/mol. The van der Waals surface area contributed by atoms with E-state index in [1.165, 1.54) is 0 Å². The Morgan fingerprint density at radius 2 is 2.17 bits per heavy atom. The Kier molecular flexibility index (Phi) is 6.03. The third-order valence-corrected chi connectivity index (χ3v) is 3.46. The monoisotopic (exact) mass is 194 g/mol. The molecule has 72 valence electrons. The Balaban J connectivity index is 3.95. The number of hydrogen-bond acceptors (Lipinski definition) is 3. The zero-order valence-electron chi connectivity index (χ0n) is 7.37. The molecule has 0 heterocycles. The largest absolute Gasteiger partial charge is 0.481 e. The second-order valence-corrected chi connectivity index (χ2v) is 4.32. The van der Waals surface area contributed by atoms with Crippen molar-refractivity contribution in [1.82, 2.24) is 0 Å². The van der Waals surface area contributed by atoms with E-state index >= 15 is 0 Å². The van der Waals surface area contributed by atoms with Crippen LogP contribution in [0, 0.1) is 0 Å². The summed E-state index contributed by atoms with van der Waals surface area (Å²) in [5.41, 5.74) is -0.721. The third-order valence-electron chi connectivity index (χ3n) is 1.54. The van der Waals surface area contributed by atoms with E-state index < -0.39 is 19.4 Å². The van der Waals surface area contributed by atoms with Crippen molar-refractivity contribution in [2.75, 3.05) is 13.0 Å². The van der Waals surface area contributed by atoms with E-state index in [-0.39, 0.29) is 6.35 Å². The molecule has 0 radical (unpaired) electrons. The van der Waals surface area contributed by atoms with Crippen molar-refractivity contribution in [3.8, 4) is 0 Å². The number of aliphatic carboxylic acids is 1. The maximum Gasteiger partial charge on any atom is 0.313 e. The minimum Gasteiger partial charge on any atom is -0.481 e. The first-order valence-corrected chi connectivity index (χ1v) is 5.66. The zero-order chi connectivity index (χ0) is 9.56. The number of rotatable bonds is 6. The van der Waals surface area contributed by atoms with Crippen LogP contribution in [0.2, 0.25) is 0 Å². The van der Waals surface area contributed by atoms with Gasteiger partial charge in [0.2, 0.25) is 0 Å². The second kappa shape index (κ2) is 6.21. The highest BCUT2D eigenvalue weighted by Gasteiger charge is 2.21. The van der Waals surface area contributed by atoms with Crippen LogP contribution in [0.15, 0.2) is 0 Å². The van der Waals surface area contributed by atoms with Gasteiger partial charge in [0.15, 0.2) is 0 Å². The van der Waals surface area contributed by atoms with E-state index in [2.05, 4.69) is 0 Å². The van der Waals surface area contributed by atoms with Crippen molar-refractivity contribution >= 4 is 13.8 Å². The third kappa shape index (κ3) is 3.88. The highest BCUT2D eigenvalue weighted by atomic mass is 31.1. The molecule has 0 bridgehead atoms. The minimum atomic E-state index is -2.11. The summed E-state index contributed by atoms with van der Waals surface area (Å²) in [5.74, 6) is -0.985. The van der Waals surface area contributed by atoms with Crippen LogP contribution in [-0.4, -0.2) is 29.7 Å². The molecule has 0 amide bonds. The quantitative estimate of drug-likeness (QED) is 0.649. The molecular formula is C7H15O4P. The molecule has 0 aromatic heterocycles. The van der Waals surface area contributed by atoms with Crippen molar-refractivity contribution < 1.29 is 19.2 Å². The van der Waals surface area contributed by atoms with Crippen molar-refractivity contribution in [3.63, 3.8) is 0 Å². The van der Waals surface area contributed by atoms with Gasteiger partial charge in [0, 0.05) is 6.61 Å². The molecule has 0 aliphatic carbocycles. The highest BCUT2D eigenvalue weighted by molar-refractivity contribution is 7.46. The Labute approximate surface area is 72.7 Å². The molecule has 0 spiro atoms. The van der Waals surface area contributed by atoms with E-state index in [0.29, 0.717) is 13.0 Å². The number of carbonyl (C=O) groups is 1. The van der Waals surface area contributed by atoms with Crippen LogP contribution in [0.5, 0.6) is 0 Å². The molecule has 0 aliphatic rings. The number of carboxylic acid groups (broad SMARTS) is 1. The first-order chi connectivity index (χ1) is 5.63. The van der Waals surface area contributed by atoms with Gasteiger partial charge in [-0.3, -0.25) is 4.79 Å². The molecule has 2 atom stereocenters. The van der Waals surface area contributed by atoms with E-state index in [1.807, 2.05) is 0 Å². The lowest BCUT2D eigenvalue weighted by Gasteiger charge is -2.08. The van der Waals surface area contributed by atoms with Gasteiger partial charge in [-0.25, -0.2) is 0 Å². The van der Waals surface area contributed by atoms with Crippen LogP contribution in [0.3, 0.4) is 0 Å². The van der Waals surface area contributed by atoms with Gasteiger partial charge >= 0.3 is 5.97 Å². The molecular weight excluding hydrogens is 179 g/mol. The molecule has 0 aliphatic heterocycles. The Morgan fingerprint density at radius 1 is 1.58 bits per heavy atom. The fraction of sp³-hybridized carbons (Fsp3) is 0.857. The second-order valence-electron chi connectivity index (χ2n) is 2.40. The molecule has 1 N–H and O–H groups in total. The lowest BCUT2D eigenvalue weighted by atomic mass is 10.3. The summed E-state index contributed by atoms with van der Waals surface area (Å²) in [7, 11) is -2.11. The maximum absolute atomic E-state index is 11.3. The minimum absolute atomic E-state index is 0.0893. The smallest absolute Gasteiger partial charge is 0.313 e. The van der Waals surface area contributed by atoms with E-state index in [9.17, 15) is 9.36 Å². The average molecular weight is 194 g/mol. The molecule has 0 aromatic carbocycles. The fourth-order valence-corrected chi connectivity index (χ4v) is 2.18. The van der Waals surface area contributed by atoms with Crippen molar-refractivity contribution in [3.05, 3.63) is 0 Å². The molecule has 12 heavy (non-hydrogen) atoms. The van der Waals surface area contributed by atoms with Gasteiger partial charge in [-0.1, -0.05) is 6.92 Å². The predicted octanol–water partition coefficient (Wildman–Crippen LogP) is 1.40. The fourth-order valence-electron chi connectivity index (χ4n) is 0.843. The van der Waals surface area contributed by atoms with E-state index in [0.717, 1.165) is 0 Å². The molecule has 2 unspecified atom stereocenters. The summed E-state index contributed by atoms with van der Waals surface area (Å²) < 4.78 is 16.2. The summed E-state index contributed by atoms with van der Waals surface area (Å²) in [4.78, 5) is 10.5. The number of carboxylic acids is 1. The van der Waals surface area contributed by atoms with Gasteiger partial charge in [0.25, 0.3) is 0 Å². The van der Waals surface area contributed by atoms with Gasteiger partial charge in [0.1, 0.15) is 13.5 Å². The van der Waals surface area contributed by atoms with Gasteiger partial charge < -0.3 is 14.4 Å². The molecule has 5 heteroatoms. The Hall–Kier alpha value is -0.340. The molecule has 4 nitrogen and oxygen atoms in total. The van der Waals surface area contributed by atoms with Crippen molar-refractivity contribution in [1.29, 1.82) is 0 Å². The van der Waals surface area contributed by atoms with Crippen molar-refractivity contribution in [2.45, 2.75) is 25.9 Å². The van der Waals surface area contributed by atoms with Gasteiger partial charge in [-0.15, -0.1) is 0 Å². The first kappa shape index (κ1) is 11.7. The molecule has 0 saturated carbocycles. The lowest BCUT2D eigenvalue weighted by molar-refractivity contribution is -0.136. The summed E-state index contributed by atoms with van der Waals surface area (Å²) >= 11 is 0. The van der Waals surface area contributed by atoms with Crippen LogP contribution < -0.4 is 0 Å². The first-order valence-electron chi connectivity index (χ1n) is 3.96. The van der Waals surface area contributed by atoms with Gasteiger partial charge in [-0.2, -0.15) is 0 Å². The Bertz CT molecular complexity index is 169. The van der Waals surface area contributed by atoms with Crippen LogP contribution in [0.4, 0.5) is 0 Å². The summed E-state index contributed by atoms with van der Waals surface area (Å²) in [6.07, 6.45) is 0.492. The lowest BCUT2D eigenvalue weighted by Crippen LogP contribution is -2.16.